The third-order valence-electron chi connectivity index (χ3n) is 3.06. The van der Waals surface area contributed by atoms with Crippen molar-refractivity contribution in [2.24, 2.45) is 0 Å². The molecule has 0 radical (unpaired) electrons. The van der Waals surface area contributed by atoms with Crippen LogP contribution < -0.4 is 5.32 Å². The third kappa shape index (κ3) is 3.25. The van der Waals surface area contributed by atoms with E-state index in [9.17, 15) is 4.79 Å². The smallest absolute Gasteiger partial charge is 0.265 e. The average molecular weight is 338 g/mol. The number of thiophene rings is 1. The van der Waals surface area contributed by atoms with Crippen LogP contribution in [-0.4, -0.2) is 5.91 Å². The summed E-state index contributed by atoms with van der Waals surface area (Å²) in [6.45, 7) is 6.15. The first-order valence-corrected chi connectivity index (χ1v) is 7.79. The Morgan fingerprint density at radius 2 is 2.05 bits per heavy atom. The van der Waals surface area contributed by atoms with Gasteiger partial charge >= 0.3 is 0 Å². The van der Waals surface area contributed by atoms with Crippen LogP contribution in [0.4, 0.5) is 5.69 Å². The molecule has 1 aromatic heterocycles. The number of hydrogen-bond acceptors (Lipinski definition) is 2. The minimum absolute atomic E-state index is 0.0294. The van der Waals surface area contributed by atoms with Crippen molar-refractivity contribution in [3.8, 4) is 0 Å². The Morgan fingerprint density at radius 1 is 1.32 bits per heavy atom. The van der Waals surface area contributed by atoms with E-state index in [0.29, 0.717) is 0 Å². The zero-order valence-corrected chi connectivity index (χ0v) is 13.6. The molecule has 1 amide bonds. The number of aryl methyl sites for hydroxylation is 3. The molecule has 19 heavy (non-hydrogen) atoms. The Labute approximate surface area is 126 Å². The first-order chi connectivity index (χ1) is 9.01. The lowest BCUT2D eigenvalue weighted by Gasteiger charge is -2.07. The number of anilines is 1. The monoisotopic (exact) mass is 337 g/mol. The number of rotatable bonds is 3. The van der Waals surface area contributed by atoms with Crippen LogP contribution in [0, 0.1) is 13.8 Å². The second-order valence-corrected chi connectivity index (χ2v) is 6.63. The average Bonchev–Trinajstić information content (AvgIpc) is 2.74. The Balaban J connectivity index is 2.20. The minimum atomic E-state index is -0.0294. The van der Waals surface area contributed by atoms with Crippen LogP contribution in [0.5, 0.6) is 0 Å². The summed E-state index contributed by atoms with van der Waals surface area (Å²) in [5.41, 5.74) is 3.16. The predicted octanol–water partition coefficient (Wildman–Crippen LogP) is 4.94. The summed E-state index contributed by atoms with van der Waals surface area (Å²) < 4.78 is 1.02. The summed E-state index contributed by atoms with van der Waals surface area (Å²) >= 11 is 4.97. The zero-order chi connectivity index (χ0) is 14.0. The summed E-state index contributed by atoms with van der Waals surface area (Å²) in [5.74, 6) is -0.0294. The molecule has 1 heterocycles. The summed E-state index contributed by atoms with van der Waals surface area (Å²) in [7, 11) is 0. The molecule has 0 fully saturated rings. The molecule has 2 rings (SSSR count). The largest absolute Gasteiger partial charge is 0.321 e. The molecule has 4 heteroatoms. The number of amides is 1. The molecule has 1 N–H and O–H groups in total. The van der Waals surface area contributed by atoms with Gasteiger partial charge in [0, 0.05) is 15.0 Å². The van der Waals surface area contributed by atoms with Crippen molar-refractivity contribution in [3.05, 3.63) is 49.6 Å². The fourth-order valence-corrected chi connectivity index (χ4v) is 3.42. The normalized spacial score (nSPS) is 10.5. The van der Waals surface area contributed by atoms with Gasteiger partial charge in [0.05, 0.1) is 4.88 Å². The second-order valence-electron chi connectivity index (χ2n) is 4.46. The van der Waals surface area contributed by atoms with Crippen LogP contribution in [0.1, 0.15) is 32.6 Å². The van der Waals surface area contributed by atoms with Crippen molar-refractivity contribution >= 4 is 38.9 Å². The van der Waals surface area contributed by atoms with Gasteiger partial charge in [-0.3, -0.25) is 4.79 Å². The molecule has 100 valence electrons. The lowest BCUT2D eigenvalue weighted by atomic mass is 10.2. The fraction of sp³-hybridized carbons (Fsp3) is 0.267. The Kier molecular flexibility index (Phi) is 4.42. The first kappa shape index (κ1) is 14.3. The molecule has 0 spiro atoms. The van der Waals surface area contributed by atoms with Gasteiger partial charge in [-0.05, 0) is 55.7 Å². The van der Waals surface area contributed by atoms with E-state index in [0.717, 1.165) is 27.0 Å². The van der Waals surface area contributed by atoms with Crippen LogP contribution in [0.3, 0.4) is 0 Å². The Morgan fingerprint density at radius 3 is 2.63 bits per heavy atom. The lowest BCUT2D eigenvalue weighted by Crippen LogP contribution is -2.11. The summed E-state index contributed by atoms with van der Waals surface area (Å²) in [6, 6.07) is 7.83. The minimum Gasteiger partial charge on any atom is -0.321 e. The van der Waals surface area contributed by atoms with E-state index < -0.39 is 0 Å². The van der Waals surface area contributed by atoms with E-state index in [2.05, 4.69) is 35.1 Å². The van der Waals surface area contributed by atoms with Gasteiger partial charge in [0.15, 0.2) is 0 Å². The fourth-order valence-electron chi connectivity index (χ4n) is 1.93. The van der Waals surface area contributed by atoms with E-state index in [-0.39, 0.29) is 5.91 Å². The van der Waals surface area contributed by atoms with Gasteiger partial charge in [0.25, 0.3) is 5.91 Å². The lowest BCUT2D eigenvalue weighted by molar-refractivity contribution is 0.103. The van der Waals surface area contributed by atoms with Crippen LogP contribution in [0.2, 0.25) is 0 Å². The molecular weight excluding hydrogens is 322 g/mol. The number of halogens is 1. The maximum absolute atomic E-state index is 12.2. The molecule has 1 aromatic carbocycles. The van der Waals surface area contributed by atoms with Gasteiger partial charge in [0.2, 0.25) is 0 Å². The highest BCUT2D eigenvalue weighted by atomic mass is 79.9. The third-order valence-corrected chi connectivity index (χ3v) is 4.65. The number of carbonyl (C=O) groups is 1. The van der Waals surface area contributed by atoms with Crippen LogP contribution >= 0.6 is 27.3 Å². The van der Waals surface area contributed by atoms with Gasteiger partial charge in [0.1, 0.15) is 0 Å². The van der Waals surface area contributed by atoms with Crippen LogP contribution in [0.25, 0.3) is 0 Å². The summed E-state index contributed by atoms with van der Waals surface area (Å²) in [6.07, 6.45) is 0.965. The van der Waals surface area contributed by atoms with E-state index in [1.54, 1.807) is 11.3 Å². The molecule has 0 atom stereocenters. The maximum atomic E-state index is 12.2. The highest BCUT2D eigenvalue weighted by Crippen LogP contribution is 2.25. The predicted molar refractivity (Wildman–Crippen MR) is 85.3 cm³/mol. The van der Waals surface area contributed by atoms with Gasteiger partial charge in [-0.25, -0.2) is 0 Å². The molecule has 0 aliphatic rings. The molecule has 0 aliphatic carbocycles. The molecule has 2 aromatic rings. The SMILES string of the molecule is CCc1cc(C(=O)Nc2ccc(Br)cc2C)sc1C. The zero-order valence-electron chi connectivity index (χ0n) is 11.2. The molecular formula is C15H16BrNOS. The molecule has 0 aliphatic heterocycles. The molecule has 0 saturated carbocycles. The highest BCUT2D eigenvalue weighted by molar-refractivity contribution is 9.10. The van der Waals surface area contributed by atoms with Gasteiger partial charge in [-0.2, -0.15) is 0 Å². The van der Waals surface area contributed by atoms with Crippen molar-refractivity contribution in [3.63, 3.8) is 0 Å². The van der Waals surface area contributed by atoms with Crippen LogP contribution in [-0.2, 0) is 6.42 Å². The topological polar surface area (TPSA) is 29.1 Å². The Hall–Kier alpha value is -1.13. The Bertz CT molecular complexity index is 619. The quantitative estimate of drug-likeness (QED) is 0.844. The molecule has 0 unspecified atom stereocenters. The maximum Gasteiger partial charge on any atom is 0.265 e. The number of nitrogens with one attached hydrogen (secondary N) is 1. The highest BCUT2D eigenvalue weighted by Gasteiger charge is 2.12. The first-order valence-electron chi connectivity index (χ1n) is 6.18. The molecule has 2 nitrogen and oxygen atoms in total. The summed E-state index contributed by atoms with van der Waals surface area (Å²) in [4.78, 5) is 14.2. The van der Waals surface area contributed by atoms with Crippen molar-refractivity contribution < 1.29 is 4.79 Å². The van der Waals surface area contributed by atoms with Gasteiger partial charge in [-0.1, -0.05) is 22.9 Å². The number of hydrogen-bond donors (Lipinski definition) is 1. The van der Waals surface area contributed by atoms with Crippen molar-refractivity contribution in [2.75, 3.05) is 5.32 Å². The number of carbonyl (C=O) groups excluding carboxylic acids is 1. The van der Waals surface area contributed by atoms with E-state index in [1.165, 1.54) is 10.4 Å². The standard InChI is InChI=1S/C15H16BrNOS/c1-4-11-8-14(19-10(11)3)15(18)17-13-6-5-12(16)7-9(13)2/h5-8H,4H2,1-3H3,(H,17,18). The van der Waals surface area contributed by atoms with Gasteiger partial charge in [-0.15, -0.1) is 11.3 Å². The van der Waals surface area contributed by atoms with Crippen molar-refractivity contribution in [2.45, 2.75) is 27.2 Å². The van der Waals surface area contributed by atoms with Crippen LogP contribution in [0.15, 0.2) is 28.7 Å². The van der Waals surface area contributed by atoms with Crippen molar-refractivity contribution in [1.82, 2.24) is 0 Å². The van der Waals surface area contributed by atoms with E-state index in [4.69, 9.17) is 0 Å². The second kappa shape index (κ2) is 5.88. The molecule has 0 saturated heterocycles. The number of benzene rings is 1. The van der Waals surface area contributed by atoms with Gasteiger partial charge < -0.3 is 5.32 Å². The molecule has 0 bridgehead atoms. The van der Waals surface area contributed by atoms with E-state index >= 15 is 0 Å². The van der Waals surface area contributed by atoms with E-state index in [1.807, 2.05) is 31.2 Å². The summed E-state index contributed by atoms with van der Waals surface area (Å²) in [5, 5.41) is 2.97. The van der Waals surface area contributed by atoms with Crippen molar-refractivity contribution in [1.29, 1.82) is 0 Å².